The molecule has 194 valence electrons. The summed E-state index contributed by atoms with van der Waals surface area (Å²) in [6.45, 7) is 10.1. The molecule has 0 aliphatic carbocycles. The van der Waals surface area contributed by atoms with Crippen molar-refractivity contribution in [2.45, 2.75) is 57.9 Å². The van der Waals surface area contributed by atoms with Gasteiger partial charge in [0.2, 0.25) is 5.88 Å². The molecular formula is C29H41N5O2. The van der Waals surface area contributed by atoms with E-state index in [9.17, 15) is 4.79 Å². The number of pyridine rings is 1. The van der Waals surface area contributed by atoms with Gasteiger partial charge in [-0.1, -0.05) is 18.9 Å². The minimum absolute atomic E-state index is 0.429. The van der Waals surface area contributed by atoms with E-state index in [-0.39, 0.29) is 0 Å². The SMILES string of the molecule is NC(=O)c1ccc(Oc2ccc3c(c2)CCN(CCN2CCCCC2)C3)nc1CCN1CCCCC1. The number of ether oxygens (including phenoxy) is 1. The van der Waals surface area contributed by atoms with Gasteiger partial charge in [-0.2, -0.15) is 0 Å². The normalized spacial score (nSPS) is 19.7. The number of carbonyl (C=O) groups is 1. The molecule has 0 unspecified atom stereocenters. The molecule has 0 radical (unpaired) electrons. The van der Waals surface area contributed by atoms with Gasteiger partial charge in [-0.15, -0.1) is 0 Å². The Morgan fingerprint density at radius 1 is 0.806 bits per heavy atom. The van der Waals surface area contributed by atoms with Crippen molar-refractivity contribution >= 4 is 5.91 Å². The zero-order valence-corrected chi connectivity index (χ0v) is 21.6. The summed E-state index contributed by atoms with van der Waals surface area (Å²) in [4.78, 5) is 24.3. The number of piperidine rings is 2. The van der Waals surface area contributed by atoms with Crippen molar-refractivity contribution < 1.29 is 9.53 Å². The van der Waals surface area contributed by atoms with Crippen LogP contribution in [-0.4, -0.2) is 77.9 Å². The summed E-state index contributed by atoms with van der Waals surface area (Å²) < 4.78 is 6.17. The van der Waals surface area contributed by atoms with E-state index in [1.165, 1.54) is 69.3 Å². The van der Waals surface area contributed by atoms with Crippen LogP contribution in [0.1, 0.15) is 65.7 Å². The summed E-state index contributed by atoms with van der Waals surface area (Å²) in [5, 5.41) is 0. The van der Waals surface area contributed by atoms with Crippen LogP contribution < -0.4 is 10.5 Å². The number of benzene rings is 1. The van der Waals surface area contributed by atoms with Crippen molar-refractivity contribution in [1.82, 2.24) is 19.7 Å². The van der Waals surface area contributed by atoms with Crippen LogP contribution in [0, 0.1) is 0 Å². The Hall–Kier alpha value is -2.48. The molecule has 2 N–H and O–H groups in total. The largest absolute Gasteiger partial charge is 0.439 e. The average molecular weight is 492 g/mol. The van der Waals surface area contributed by atoms with Gasteiger partial charge in [-0.25, -0.2) is 4.98 Å². The summed E-state index contributed by atoms with van der Waals surface area (Å²) >= 11 is 0. The second kappa shape index (κ2) is 12.2. The Morgan fingerprint density at radius 3 is 2.22 bits per heavy atom. The lowest BCUT2D eigenvalue weighted by molar-refractivity contribution is 0.0998. The number of likely N-dealkylation sites (tertiary alicyclic amines) is 2. The van der Waals surface area contributed by atoms with Crippen LogP contribution >= 0.6 is 0 Å². The maximum atomic E-state index is 12.0. The van der Waals surface area contributed by atoms with E-state index in [4.69, 9.17) is 15.5 Å². The molecule has 0 atom stereocenters. The molecule has 4 heterocycles. The number of nitrogens with zero attached hydrogens (tertiary/aromatic N) is 4. The van der Waals surface area contributed by atoms with Crippen LogP contribution in [0.2, 0.25) is 0 Å². The van der Waals surface area contributed by atoms with Crippen LogP contribution in [0.5, 0.6) is 11.6 Å². The summed E-state index contributed by atoms with van der Waals surface area (Å²) in [7, 11) is 0. The van der Waals surface area contributed by atoms with E-state index >= 15 is 0 Å². The predicted molar refractivity (Wildman–Crippen MR) is 143 cm³/mol. The summed E-state index contributed by atoms with van der Waals surface area (Å²) in [5.74, 6) is 0.894. The highest BCUT2D eigenvalue weighted by molar-refractivity contribution is 5.93. The minimum Gasteiger partial charge on any atom is -0.439 e. The van der Waals surface area contributed by atoms with Crippen LogP contribution in [0.4, 0.5) is 0 Å². The quantitative estimate of drug-likeness (QED) is 0.574. The third kappa shape index (κ3) is 6.64. The topological polar surface area (TPSA) is 74.9 Å². The Labute approximate surface area is 215 Å². The number of carbonyl (C=O) groups excluding carboxylic acids is 1. The lowest BCUT2D eigenvalue weighted by atomic mass is 9.99. The van der Waals surface area contributed by atoms with Crippen LogP contribution in [0.3, 0.4) is 0 Å². The molecule has 3 aliphatic rings. The van der Waals surface area contributed by atoms with E-state index in [0.717, 1.165) is 57.1 Å². The van der Waals surface area contributed by atoms with Gasteiger partial charge in [-0.05, 0) is 87.6 Å². The highest BCUT2D eigenvalue weighted by Crippen LogP contribution is 2.27. The molecule has 0 saturated carbocycles. The standard InChI is InChI=1S/C29H41N5O2/c30-29(35)26-9-10-28(31-27(26)12-18-32-13-3-1-4-14-32)36-25-8-7-24-22-34(17-11-23(24)21-25)20-19-33-15-5-2-6-16-33/h7-10,21H,1-6,11-20,22H2,(H2,30,35). The Balaban J connectivity index is 1.20. The van der Waals surface area contributed by atoms with E-state index in [1.807, 2.05) is 6.07 Å². The van der Waals surface area contributed by atoms with Gasteiger partial charge in [0.25, 0.3) is 5.91 Å². The first-order valence-corrected chi connectivity index (χ1v) is 13.9. The molecule has 7 nitrogen and oxygen atoms in total. The van der Waals surface area contributed by atoms with E-state index < -0.39 is 5.91 Å². The first-order valence-electron chi connectivity index (χ1n) is 13.9. The molecule has 1 amide bonds. The second-order valence-corrected chi connectivity index (χ2v) is 10.6. The van der Waals surface area contributed by atoms with Crippen LogP contribution in [0.15, 0.2) is 30.3 Å². The highest BCUT2D eigenvalue weighted by atomic mass is 16.5. The van der Waals surface area contributed by atoms with E-state index in [1.54, 1.807) is 12.1 Å². The monoisotopic (exact) mass is 491 g/mol. The lowest BCUT2D eigenvalue weighted by Gasteiger charge is -2.32. The number of primary amides is 1. The average Bonchev–Trinajstić information content (AvgIpc) is 2.92. The molecule has 2 fully saturated rings. The number of hydrogen-bond acceptors (Lipinski definition) is 6. The fraction of sp³-hybridized carbons (Fsp3) is 0.586. The number of hydrogen-bond donors (Lipinski definition) is 1. The first kappa shape index (κ1) is 25.2. The van der Waals surface area contributed by atoms with Gasteiger partial charge in [0.1, 0.15) is 5.75 Å². The van der Waals surface area contributed by atoms with Gasteiger partial charge < -0.3 is 20.3 Å². The Morgan fingerprint density at radius 2 is 1.50 bits per heavy atom. The molecule has 1 aromatic heterocycles. The van der Waals surface area contributed by atoms with Gasteiger partial charge >= 0.3 is 0 Å². The van der Waals surface area contributed by atoms with Gasteiger partial charge in [-0.3, -0.25) is 9.69 Å². The smallest absolute Gasteiger partial charge is 0.250 e. The van der Waals surface area contributed by atoms with Crippen molar-refractivity contribution in [1.29, 1.82) is 0 Å². The molecular weight excluding hydrogens is 450 g/mol. The number of fused-ring (bicyclic) bond motifs is 1. The number of aromatic nitrogens is 1. The molecule has 2 saturated heterocycles. The second-order valence-electron chi connectivity index (χ2n) is 10.6. The van der Waals surface area contributed by atoms with Gasteiger partial charge in [0.05, 0.1) is 11.3 Å². The van der Waals surface area contributed by atoms with Gasteiger partial charge in [0, 0.05) is 45.2 Å². The third-order valence-corrected chi connectivity index (χ3v) is 8.00. The number of amides is 1. The Kier molecular flexibility index (Phi) is 8.51. The maximum Gasteiger partial charge on any atom is 0.250 e. The summed E-state index contributed by atoms with van der Waals surface area (Å²) in [5.41, 5.74) is 9.62. The van der Waals surface area contributed by atoms with Crippen LogP contribution in [0.25, 0.3) is 0 Å². The lowest BCUT2D eigenvalue weighted by Crippen LogP contribution is -2.39. The minimum atomic E-state index is -0.429. The first-order chi connectivity index (χ1) is 17.6. The maximum absolute atomic E-state index is 12.0. The summed E-state index contributed by atoms with van der Waals surface area (Å²) in [6, 6.07) is 9.92. The van der Waals surface area contributed by atoms with Gasteiger partial charge in [0.15, 0.2) is 0 Å². The fourth-order valence-electron chi connectivity index (χ4n) is 5.83. The molecule has 0 spiro atoms. The summed E-state index contributed by atoms with van der Waals surface area (Å²) in [6.07, 6.45) is 9.64. The van der Waals surface area contributed by atoms with Crippen LogP contribution in [-0.2, 0) is 19.4 Å². The zero-order chi connectivity index (χ0) is 24.7. The van der Waals surface area contributed by atoms with Crippen molar-refractivity contribution in [3.63, 3.8) is 0 Å². The molecule has 7 heteroatoms. The molecule has 2 aromatic rings. The predicted octanol–water partition coefficient (Wildman–Crippen LogP) is 3.85. The highest BCUT2D eigenvalue weighted by Gasteiger charge is 2.19. The molecule has 5 rings (SSSR count). The van der Waals surface area contributed by atoms with Crippen molar-refractivity contribution in [3.05, 3.63) is 52.7 Å². The van der Waals surface area contributed by atoms with E-state index in [0.29, 0.717) is 17.9 Å². The zero-order valence-electron chi connectivity index (χ0n) is 21.6. The number of rotatable bonds is 9. The number of nitrogens with two attached hydrogens (primary N) is 1. The molecule has 1 aromatic carbocycles. The fourth-order valence-corrected chi connectivity index (χ4v) is 5.83. The third-order valence-electron chi connectivity index (χ3n) is 8.00. The Bertz CT molecular complexity index is 1030. The molecule has 0 bridgehead atoms. The van der Waals surface area contributed by atoms with E-state index in [2.05, 4.69) is 26.8 Å². The molecule has 36 heavy (non-hydrogen) atoms. The molecule has 3 aliphatic heterocycles. The van der Waals surface area contributed by atoms with Crippen molar-refractivity contribution in [3.8, 4) is 11.6 Å². The van der Waals surface area contributed by atoms with Crippen molar-refractivity contribution in [2.24, 2.45) is 5.73 Å². The van der Waals surface area contributed by atoms with Crippen molar-refractivity contribution in [2.75, 3.05) is 52.4 Å².